The van der Waals surface area contributed by atoms with Crippen LogP contribution in [0.4, 0.5) is 5.69 Å². The SMILES string of the molecule is COc1ccc(OC)c(/C(O)=C2\C(=O)C(=O)N(c3ccc(Cl)cc3)C2c2sccc2C)c1. The van der Waals surface area contributed by atoms with Crippen molar-refractivity contribution >= 4 is 46.1 Å². The molecular weight excluding hydrogens is 450 g/mol. The van der Waals surface area contributed by atoms with Crippen LogP contribution in [-0.2, 0) is 9.59 Å². The number of thiophene rings is 1. The number of ether oxygens (including phenoxy) is 2. The van der Waals surface area contributed by atoms with Crippen LogP contribution in [0, 0.1) is 6.92 Å². The number of nitrogens with zero attached hydrogens (tertiary/aromatic N) is 1. The van der Waals surface area contributed by atoms with Crippen molar-refractivity contribution in [2.24, 2.45) is 0 Å². The maximum atomic E-state index is 13.2. The Bertz CT molecular complexity index is 1230. The Morgan fingerprint density at radius 2 is 1.78 bits per heavy atom. The molecule has 32 heavy (non-hydrogen) atoms. The Labute approximate surface area is 194 Å². The molecule has 1 unspecified atom stereocenters. The Morgan fingerprint density at radius 3 is 2.38 bits per heavy atom. The molecule has 3 aromatic rings. The van der Waals surface area contributed by atoms with E-state index in [2.05, 4.69) is 0 Å². The fourth-order valence-electron chi connectivity index (χ4n) is 3.76. The average molecular weight is 470 g/mol. The van der Waals surface area contributed by atoms with Gasteiger partial charge in [-0.05, 0) is 66.4 Å². The lowest BCUT2D eigenvalue weighted by atomic mass is 9.97. The van der Waals surface area contributed by atoms with Crippen LogP contribution in [0.25, 0.3) is 5.76 Å². The zero-order chi connectivity index (χ0) is 23.0. The van der Waals surface area contributed by atoms with E-state index >= 15 is 0 Å². The zero-order valence-corrected chi connectivity index (χ0v) is 19.2. The van der Waals surface area contributed by atoms with Gasteiger partial charge in [0.05, 0.1) is 25.4 Å². The van der Waals surface area contributed by atoms with Crippen LogP contribution in [0.1, 0.15) is 22.0 Å². The molecule has 1 amide bonds. The highest BCUT2D eigenvalue weighted by atomic mass is 35.5. The fourth-order valence-corrected chi connectivity index (χ4v) is 4.91. The Balaban J connectivity index is 1.98. The van der Waals surface area contributed by atoms with E-state index in [-0.39, 0.29) is 16.9 Å². The predicted molar refractivity (Wildman–Crippen MR) is 125 cm³/mol. The van der Waals surface area contributed by atoms with Crippen molar-refractivity contribution in [1.29, 1.82) is 0 Å². The van der Waals surface area contributed by atoms with Gasteiger partial charge in [0.2, 0.25) is 0 Å². The molecule has 1 aliphatic rings. The van der Waals surface area contributed by atoms with E-state index in [4.69, 9.17) is 21.1 Å². The number of benzene rings is 2. The molecule has 1 saturated heterocycles. The fraction of sp³-hybridized carbons (Fsp3) is 0.167. The van der Waals surface area contributed by atoms with Crippen molar-refractivity contribution in [3.8, 4) is 11.5 Å². The van der Waals surface area contributed by atoms with Crippen LogP contribution in [0.2, 0.25) is 5.02 Å². The molecule has 0 bridgehead atoms. The van der Waals surface area contributed by atoms with Crippen LogP contribution in [-0.4, -0.2) is 31.0 Å². The highest BCUT2D eigenvalue weighted by molar-refractivity contribution is 7.10. The lowest BCUT2D eigenvalue weighted by Crippen LogP contribution is -2.29. The van der Waals surface area contributed by atoms with E-state index in [0.717, 1.165) is 10.4 Å². The van der Waals surface area contributed by atoms with Crippen molar-refractivity contribution in [2.45, 2.75) is 13.0 Å². The summed E-state index contributed by atoms with van der Waals surface area (Å²) in [4.78, 5) is 28.6. The van der Waals surface area contributed by atoms with E-state index < -0.39 is 17.7 Å². The minimum atomic E-state index is -0.799. The van der Waals surface area contributed by atoms with E-state index in [1.807, 2.05) is 18.4 Å². The lowest BCUT2D eigenvalue weighted by Gasteiger charge is -2.25. The first-order valence-electron chi connectivity index (χ1n) is 9.70. The summed E-state index contributed by atoms with van der Waals surface area (Å²) in [7, 11) is 2.96. The Morgan fingerprint density at radius 1 is 1.06 bits per heavy atom. The van der Waals surface area contributed by atoms with Crippen LogP contribution >= 0.6 is 22.9 Å². The standard InChI is InChI=1S/C24H20ClNO5S/c1-13-10-11-32-23(13)20-19(21(27)17-12-16(30-2)8-9-18(17)31-3)22(28)24(29)26(20)15-6-4-14(25)5-7-15/h4-12,20,27H,1-3H3/b21-19+. The number of hydrogen-bond acceptors (Lipinski definition) is 6. The number of aliphatic hydroxyl groups excluding tert-OH is 1. The van der Waals surface area contributed by atoms with Crippen LogP contribution < -0.4 is 14.4 Å². The number of halogens is 1. The van der Waals surface area contributed by atoms with Gasteiger partial charge in [0.25, 0.3) is 11.7 Å². The second-order valence-corrected chi connectivity index (χ2v) is 8.56. The van der Waals surface area contributed by atoms with Gasteiger partial charge >= 0.3 is 0 Å². The molecule has 0 aliphatic carbocycles. The number of hydrogen-bond donors (Lipinski definition) is 1. The first-order chi connectivity index (χ1) is 15.4. The number of anilines is 1. The van der Waals surface area contributed by atoms with Crippen molar-refractivity contribution < 1.29 is 24.2 Å². The largest absolute Gasteiger partial charge is 0.507 e. The lowest BCUT2D eigenvalue weighted by molar-refractivity contribution is -0.132. The molecule has 0 saturated carbocycles. The Hall–Kier alpha value is -3.29. The molecular formula is C24H20ClNO5S. The van der Waals surface area contributed by atoms with Crippen LogP contribution in [0.5, 0.6) is 11.5 Å². The second-order valence-electron chi connectivity index (χ2n) is 7.18. The molecule has 4 rings (SSSR count). The summed E-state index contributed by atoms with van der Waals surface area (Å²) >= 11 is 7.44. The zero-order valence-electron chi connectivity index (χ0n) is 17.6. The molecule has 1 atom stereocenters. The van der Waals surface area contributed by atoms with E-state index in [0.29, 0.717) is 22.2 Å². The summed E-state index contributed by atoms with van der Waals surface area (Å²) in [6.07, 6.45) is 0. The first kappa shape index (κ1) is 21.9. The van der Waals surface area contributed by atoms with Gasteiger partial charge in [-0.2, -0.15) is 0 Å². The highest BCUT2D eigenvalue weighted by Crippen LogP contribution is 2.46. The topological polar surface area (TPSA) is 76.1 Å². The van der Waals surface area contributed by atoms with Gasteiger partial charge in [-0.25, -0.2) is 0 Å². The number of carbonyl (C=O) groups excluding carboxylic acids is 2. The number of aryl methyl sites for hydroxylation is 1. The number of aliphatic hydroxyl groups is 1. The Kier molecular flexibility index (Phi) is 5.95. The number of ketones is 1. The van der Waals surface area contributed by atoms with Crippen molar-refractivity contribution in [3.63, 3.8) is 0 Å². The van der Waals surface area contributed by atoms with Crippen LogP contribution in [0.3, 0.4) is 0 Å². The van der Waals surface area contributed by atoms with Crippen molar-refractivity contribution in [1.82, 2.24) is 0 Å². The monoisotopic (exact) mass is 469 g/mol. The predicted octanol–water partition coefficient (Wildman–Crippen LogP) is 5.35. The van der Waals surface area contributed by atoms with Gasteiger partial charge in [-0.15, -0.1) is 11.3 Å². The van der Waals surface area contributed by atoms with Gasteiger partial charge in [0.1, 0.15) is 23.3 Å². The van der Waals surface area contributed by atoms with E-state index in [1.165, 1.54) is 30.5 Å². The number of rotatable bonds is 5. The first-order valence-corrected chi connectivity index (χ1v) is 11.0. The third-order valence-corrected chi connectivity index (χ3v) is 6.68. The summed E-state index contributed by atoms with van der Waals surface area (Å²) in [5.74, 6) is -1.01. The summed E-state index contributed by atoms with van der Waals surface area (Å²) in [6, 6.07) is 12.7. The molecule has 0 spiro atoms. The maximum Gasteiger partial charge on any atom is 0.300 e. The average Bonchev–Trinajstić information content (AvgIpc) is 3.33. The number of Topliss-reactive ketones (excluding diaryl/α,β-unsaturated/α-hetero) is 1. The van der Waals surface area contributed by atoms with Crippen molar-refractivity contribution in [2.75, 3.05) is 19.1 Å². The van der Waals surface area contributed by atoms with Gasteiger partial charge < -0.3 is 14.6 Å². The molecule has 1 aliphatic heterocycles. The summed E-state index contributed by atoms with van der Waals surface area (Å²) in [5, 5.41) is 13.7. The summed E-state index contributed by atoms with van der Waals surface area (Å²) in [5.41, 5.74) is 1.66. The molecule has 8 heteroatoms. The molecule has 1 aromatic heterocycles. The number of methoxy groups -OCH3 is 2. The maximum absolute atomic E-state index is 13.2. The molecule has 1 N–H and O–H groups in total. The van der Waals surface area contributed by atoms with Crippen LogP contribution in [0.15, 0.2) is 59.5 Å². The second kappa shape index (κ2) is 8.68. The van der Waals surface area contributed by atoms with E-state index in [9.17, 15) is 14.7 Å². The molecule has 6 nitrogen and oxygen atoms in total. The number of carbonyl (C=O) groups is 2. The quantitative estimate of drug-likeness (QED) is 0.309. The molecule has 2 aromatic carbocycles. The smallest absolute Gasteiger partial charge is 0.300 e. The van der Waals surface area contributed by atoms with Gasteiger partial charge in [-0.1, -0.05) is 11.6 Å². The van der Waals surface area contributed by atoms with Gasteiger partial charge in [0.15, 0.2) is 0 Å². The van der Waals surface area contributed by atoms with Gasteiger partial charge in [-0.3, -0.25) is 14.5 Å². The number of amides is 1. The third kappa shape index (κ3) is 3.63. The molecule has 164 valence electrons. The normalized spacial score (nSPS) is 17.6. The minimum absolute atomic E-state index is 0.0120. The molecule has 1 fully saturated rings. The summed E-state index contributed by atoms with van der Waals surface area (Å²) in [6.45, 7) is 1.90. The highest BCUT2D eigenvalue weighted by Gasteiger charge is 2.48. The molecule has 2 heterocycles. The van der Waals surface area contributed by atoms with Crippen molar-refractivity contribution in [3.05, 3.63) is 80.5 Å². The van der Waals surface area contributed by atoms with E-state index in [1.54, 1.807) is 42.5 Å². The molecule has 0 radical (unpaired) electrons. The minimum Gasteiger partial charge on any atom is -0.507 e. The van der Waals surface area contributed by atoms with Gasteiger partial charge in [0, 0.05) is 15.6 Å². The summed E-state index contributed by atoms with van der Waals surface area (Å²) < 4.78 is 10.7. The third-order valence-electron chi connectivity index (χ3n) is 5.36.